The number of hydrogen-bond donors (Lipinski definition) is 2. The van der Waals surface area contributed by atoms with Crippen LogP contribution < -0.4 is 5.32 Å². The highest BCUT2D eigenvalue weighted by atomic mass is 16.4. The molecule has 5 heteroatoms. The lowest BCUT2D eigenvalue weighted by atomic mass is 10.3. The van der Waals surface area contributed by atoms with Gasteiger partial charge in [0.2, 0.25) is 0 Å². The topological polar surface area (TPSA) is 66.6 Å². The molecule has 2 aromatic heterocycles. The van der Waals surface area contributed by atoms with E-state index in [0.717, 1.165) is 25.1 Å². The summed E-state index contributed by atoms with van der Waals surface area (Å²) in [5.74, 6) is -0.311. The molecule has 0 aromatic carbocycles. The number of aromatic carboxylic acids is 1. The van der Waals surface area contributed by atoms with Crippen LogP contribution in [0.2, 0.25) is 0 Å². The van der Waals surface area contributed by atoms with Gasteiger partial charge in [-0.15, -0.1) is 0 Å². The minimum absolute atomic E-state index is 0.104. The summed E-state index contributed by atoms with van der Waals surface area (Å²) in [6, 6.07) is 3.68. The van der Waals surface area contributed by atoms with E-state index in [4.69, 9.17) is 5.11 Å². The van der Waals surface area contributed by atoms with E-state index in [9.17, 15) is 4.79 Å². The molecule has 0 aliphatic heterocycles. The average molecular weight is 247 g/mol. The molecule has 0 saturated heterocycles. The van der Waals surface area contributed by atoms with E-state index in [2.05, 4.69) is 17.2 Å². The second-order valence-electron chi connectivity index (χ2n) is 4.27. The second-order valence-corrected chi connectivity index (χ2v) is 4.27. The summed E-state index contributed by atoms with van der Waals surface area (Å²) in [6.45, 7) is 4.86. The van der Waals surface area contributed by atoms with Gasteiger partial charge < -0.3 is 14.8 Å². The highest BCUT2D eigenvalue weighted by Gasteiger charge is 2.14. The van der Waals surface area contributed by atoms with E-state index in [1.807, 2.05) is 12.3 Å². The number of aryl methyl sites for hydroxylation is 1. The van der Waals surface area contributed by atoms with Gasteiger partial charge >= 0.3 is 5.97 Å². The molecular formula is C13H17N3O2. The summed E-state index contributed by atoms with van der Waals surface area (Å²) < 4.78 is 1.80. The van der Waals surface area contributed by atoms with Crippen molar-refractivity contribution in [3.05, 3.63) is 29.8 Å². The minimum atomic E-state index is -0.993. The predicted molar refractivity (Wildman–Crippen MR) is 70.3 cm³/mol. The van der Waals surface area contributed by atoms with Gasteiger partial charge in [0, 0.05) is 12.7 Å². The number of anilines is 1. The first kappa shape index (κ1) is 12.4. The Kier molecular flexibility index (Phi) is 3.50. The van der Waals surface area contributed by atoms with Crippen molar-refractivity contribution < 1.29 is 9.90 Å². The molecular weight excluding hydrogens is 230 g/mol. The molecule has 0 fully saturated rings. The zero-order chi connectivity index (χ0) is 13.1. The lowest BCUT2D eigenvalue weighted by molar-refractivity contribution is 0.0693. The van der Waals surface area contributed by atoms with Crippen molar-refractivity contribution in [3.63, 3.8) is 0 Å². The number of nitrogens with zero attached hydrogens (tertiary/aromatic N) is 2. The van der Waals surface area contributed by atoms with Crippen molar-refractivity contribution >= 4 is 17.2 Å². The van der Waals surface area contributed by atoms with Crippen LogP contribution in [0.4, 0.5) is 5.69 Å². The maximum atomic E-state index is 11.0. The molecule has 0 aliphatic rings. The monoisotopic (exact) mass is 247 g/mol. The van der Waals surface area contributed by atoms with Crippen molar-refractivity contribution in [2.75, 3.05) is 11.9 Å². The first-order chi connectivity index (χ1) is 8.63. The maximum absolute atomic E-state index is 11.0. The van der Waals surface area contributed by atoms with Crippen LogP contribution in [0.15, 0.2) is 18.3 Å². The second kappa shape index (κ2) is 5.08. The first-order valence-electron chi connectivity index (χ1n) is 6.09. The normalized spacial score (nSPS) is 10.8. The van der Waals surface area contributed by atoms with Crippen LogP contribution in [0.1, 0.15) is 36.1 Å². The van der Waals surface area contributed by atoms with Gasteiger partial charge in [-0.25, -0.2) is 9.78 Å². The predicted octanol–water partition coefficient (Wildman–Crippen LogP) is 2.55. The standard InChI is InChI=1S/C13H17N3O2/c1-3-4-7-14-10-5-6-11-12(13(17)18)15-9(2)16(11)8-10/h5-6,8,14H,3-4,7H2,1-2H3,(H,17,18). The molecule has 5 nitrogen and oxygen atoms in total. The third kappa shape index (κ3) is 2.30. The molecule has 96 valence electrons. The number of imidazole rings is 1. The summed E-state index contributed by atoms with van der Waals surface area (Å²) in [5, 5.41) is 12.4. The molecule has 0 spiro atoms. The Morgan fingerprint density at radius 3 is 2.94 bits per heavy atom. The van der Waals surface area contributed by atoms with Crippen LogP contribution in [0.3, 0.4) is 0 Å². The van der Waals surface area contributed by atoms with Crippen molar-refractivity contribution in [2.45, 2.75) is 26.7 Å². The molecule has 0 amide bonds. The fourth-order valence-corrected chi connectivity index (χ4v) is 1.91. The van der Waals surface area contributed by atoms with Crippen molar-refractivity contribution in [2.24, 2.45) is 0 Å². The Hall–Kier alpha value is -2.04. The SMILES string of the molecule is CCCCNc1ccc2c(C(=O)O)nc(C)n2c1. The van der Waals surface area contributed by atoms with E-state index in [0.29, 0.717) is 11.3 Å². The maximum Gasteiger partial charge on any atom is 0.356 e. The molecule has 0 atom stereocenters. The zero-order valence-corrected chi connectivity index (χ0v) is 10.6. The number of pyridine rings is 1. The third-order valence-corrected chi connectivity index (χ3v) is 2.88. The Bertz CT molecular complexity index is 575. The van der Waals surface area contributed by atoms with E-state index < -0.39 is 5.97 Å². The van der Waals surface area contributed by atoms with E-state index >= 15 is 0 Å². The number of fused-ring (bicyclic) bond motifs is 1. The van der Waals surface area contributed by atoms with Gasteiger partial charge in [0.1, 0.15) is 5.82 Å². The van der Waals surface area contributed by atoms with E-state index in [1.165, 1.54) is 0 Å². The fourth-order valence-electron chi connectivity index (χ4n) is 1.91. The van der Waals surface area contributed by atoms with Crippen LogP contribution in [0, 0.1) is 6.92 Å². The number of unbranched alkanes of at least 4 members (excludes halogenated alkanes) is 1. The fraction of sp³-hybridized carbons (Fsp3) is 0.385. The Morgan fingerprint density at radius 2 is 2.28 bits per heavy atom. The summed E-state index contributed by atoms with van der Waals surface area (Å²) in [4.78, 5) is 15.1. The molecule has 0 aliphatic carbocycles. The number of hydrogen-bond acceptors (Lipinski definition) is 3. The largest absolute Gasteiger partial charge is 0.476 e. The summed E-state index contributed by atoms with van der Waals surface area (Å²) in [7, 11) is 0. The van der Waals surface area contributed by atoms with Crippen LogP contribution in [-0.2, 0) is 0 Å². The third-order valence-electron chi connectivity index (χ3n) is 2.88. The van der Waals surface area contributed by atoms with Crippen LogP contribution >= 0.6 is 0 Å². The van der Waals surface area contributed by atoms with Crippen LogP contribution in [0.5, 0.6) is 0 Å². The number of aromatic nitrogens is 2. The molecule has 2 rings (SSSR count). The summed E-state index contributed by atoms with van der Waals surface area (Å²) in [5.41, 5.74) is 1.71. The van der Waals surface area contributed by atoms with Crippen LogP contribution in [-0.4, -0.2) is 27.0 Å². The average Bonchev–Trinajstić information content (AvgIpc) is 2.67. The van der Waals surface area contributed by atoms with Gasteiger partial charge in [0.05, 0.1) is 11.2 Å². The molecule has 2 aromatic rings. The van der Waals surface area contributed by atoms with E-state index in [-0.39, 0.29) is 5.69 Å². The number of carboxylic acid groups (broad SMARTS) is 1. The van der Waals surface area contributed by atoms with Gasteiger partial charge in [-0.05, 0) is 25.5 Å². The first-order valence-corrected chi connectivity index (χ1v) is 6.09. The molecule has 0 saturated carbocycles. The molecule has 0 radical (unpaired) electrons. The quantitative estimate of drug-likeness (QED) is 0.797. The van der Waals surface area contributed by atoms with E-state index in [1.54, 1.807) is 17.4 Å². The van der Waals surface area contributed by atoms with Gasteiger partial charge in [-0.2, -0.15) is 0 Å². The summed E-state index contributed by atoms with van der Waals surface area (Å²) in [6.07, 6.45) is 4.14. The van der Waals surface area contributed by atoms with Gasteiger partial charge in [0.25, 0.3) is 0 Å². The lowest BCUT2D eigenvalue weighted by Gasteiger charge is -2.06. The van der Waals surface area contributed by atoms with Crippen molar-refractivity contribution in [3.8, 4) is 0 Å². The molecule has 2 heterocycles. The zero-order valence-electron chi connectivity index (χ0n) is 10.6. The number of carboxylic acids is 1. The number of nitrogens with one attached hydrogen (secondary N) is 1. The van der Waals surface area contributed by atoms with Crippen molar-refractivity contribution in [1.82, 2.24) is 9.38 Å². The molecule has 0 unspecified atom stereocenters. The molecule has 2 N–H and O–H groups in total. The molecule has 0 bridgehead atoms. The smallest absolute Gasteiger partial charge is 0.356 e. The highest BCUT2D eigenvalue weighted by molar-refractivity contribution is 5.93. The van der Waals surface area contributed by atoms with Gasteiger partial charge in [-0.1, -0.05) is 13.3 Å². The van der Waals surface area contributed by atoms with Crippen LogP contribution in [0.25, 0.3) is 5.52 Å². The minimum Gasteiger partial charge on any atom is -0.476 e. The highest BCUT2D eigenvalue weighted by Crippen LogP contribution is 2.17. The Morgan fingerprint density at radius 1 is 1.50 bits per heavy atom. The Labute approximate surface area is 105 Å². The van der Waals surface area contributed by atoms with Gasteiger partial charge in [0.15, 0.2) is 5.69 Å². The molecule has 18 heavy (non-hydrogen) atoms. The van der Waals surface area contributed by atoms with Gasteiger partial charge in [-0.3, -0.25) is 0 Å². The number of rotatable bonds is 5. The lowest BCUT2D eigenvalue weighted by Crippen LogP contribution is -2.02. The Balaban J connectivity index is 2.34. The summed E-state index contributed by atoms with van der Waals surface area (Å²) >= 11 is 0. The van der Waals surface area contributed by atoms with Crippen molar-refractivity contribution in [1.29, 1.82) is 0 Å². The number of carbonyl (C=O) groups is 1.